The predicted molar refractivity (Wildman–Crippen MR) is 133 cm³/mol. The van der Waals surface area contributed by atoms with Gasteiger partial charge in [0.25, 0.3) is 5.91 Å². The minimum absolute atomic E-state index is 0.0696. The summed E-state index contributed by atoms with van der Waals surface area (Å²) in [6, 6.07) is 11.5. The molecule has 41 heavy (non-hydrogen) atoms. The van der Waals surface area contributed by atoms with E-state index in [-0.39, 0.29) is 28.0 Å². The lowest BCUT2D eigenvalue weighted by molar-refractivity contribution is -0.291. The number of carbonyl (C=O) groups is 1. The Kier molecular flexibility index (Phi) is 6.79. The zero-order chi connectivity index (χ0) is 29.7. The summed E-state index contributed by atoms with van der Waals surface area (Å²) in [6.07, 6.45) is -5.98. The molecule has 3 heterocycles. The number of aryl methyl sites for hydroxylation is 1. The molecule has 3 aromatic heterocycles. The molecule has 1 amide bonds. The van der Waals surface area contributed by atoms with Crippen LogP contribution in [0.3, 0.4) is 0 Å². The van der Waals surface area contributed by atoms with Crippen molar-refractivity contribution in [2.24, 2.45) is 0 Å². The Morgan fingerprint density at radius 1 is 0.878 bits per heavy atom. The van der Waals surface area contributed by atoms with Crippen LogP contribution in [0.5, 0.6) is 0 Å². The number of anilines is 1. The highest BCUT2D eigenvalue weighted by Gasteiger charge is 2.60. The molecule has 2 aromatic carbocycles. The van der Waals surface area contributed by atoms with E-state index in [1.54, 1.807) is 30.7 Å². The number of fused-ring (bicyclic) bond motifs is 1. The molecule has 0 aliphatic carbocycles. The third kappa shape index (κ3) is 5.24. The lowest BCUT2D eigenvalue weighted by Gasteiger charge is -2.21. The van der Waals surface area contributed by atoms with Crippen molar-refractivity contribution in [3.63, 3.8) is 0 Å². The van der Waals surface area contributed by atoms with Gasteiger partial charge in [-0.3, -0.25) is 9.48 Å². The summed E-state index contributed by atoms with van der Waals surface area (Å²) in [7, 11) is 0. The van der Waals surface area contributed by atoms with Crippen LogP contribution in [0, 0.1) is 25.5 Å². The van der Waals surface area contributed by atoms with Crippen molar-refractivity contribution in [1.29, 1.82) is 0 Å². The molecule has 0 atom stereocenters. The fourth-order valence-electron chi connectivity index (χ4n) is 4.19. The standard InChI is InChI=1S/C27H19F7N6O/c1-14-24(15(2)39(37-14)13-16-3-7-18(28)8-4-16)36-25(41)21-12-23-35-20(17-5-9-19(29)10-6-17)11-22(40(23)38-21)26(30,31)27(32,33)34/h3-12H,13H2,1-2H3,(H,36,41). The Bertz CT molecular complexity index is 1760. The van der Waals surface area contributed by atoms with E-state index in [4.69, 9.17) is 0 Å². The zero-order valence-corrected chi connectivity index (χ0v) is 21.3. The molecule has 0 radical (unpaired) electrons. The first-order valence-electron chi connectivity index (χ1n) is 12.0. The molecule has 14 heteroatoms. The van der Waals surface area contributed by atoms with Gasteiger partial charge in [-0.2, -0.15) is 32.1 Å². The molecule has 0 saturated carbocycles. The van der Waals surface area contributed by atoms with Gasteiger partial charge < -0.3 is 5.32 Å². The molecule has 0 spiro atoms. The molecule has 0 aliphatic rings. The van der Waals surface area contributed by atoms with Crippen LogP contribution < -0.4 is 5.32 Å². The number of nitrogens with zero attached hydrogens (tertiary/aromatic N) is 5. The highest BCUT2D eigenvalue weighted by atomic mass is 19.4. The van der Waals surface area contributed by atoms with Crippen molar-refractivity contribution in [1.82, 2.24) is 24.4 Å². The maximum absolute atomic E-state index is 14.6. The second kappa shape index (κ2) is 10.0. The van der Waals surface area contributed by atoms with Crippen molar-refractivity contribution < 1.29 is 35.5 Å². The van der Waals surface area contributed by atoms with Crippen LogP contribution >= 0.6 is 0 Å². The third-order valence-electron chi connectivity index (χ3n) is 6.34. The van der Waals surface area contributed by atoms with E-state index >= 15 is 0 Å². The second-order valence-electron chi connectivity index (χ2n) is 9.19. The number of nitrogens with one attached hydrogen (secondary N) is 1. The minimum Gasteiger partial charge on any atom is -0.317 e. The van der Waals surface area contributed by atoms with E-state index in [0.717, 1.165) is 23.8 Å². The lowest BCUT2D eigenvalue weighted by Crippen LogP contribution is -2.36. The van der Waals surface area contributed by atoms with Crippen molar-refractivity contribution >= 4 is 17.2 Å². The summed E-state index contributed by atoms with van der Waals surface area (Å²) in [6.45, 7) is 3.51. The number of alkyl halides is 5. The Labute approximate surface area is 227 Å². The number of aromatic nitrogens is 5. The largest absolute Gasteiger partial charge is 0.459 e. The summed E-state index contributed by atoms with van der Waals surface area (Å²) in [5.41, 5.74) is -0.862. The highest BCUT2D eigenvalue weighted by molar-refractivity contribution is 6.04. The van der Waals surface area contributed by atoms with Gasteiger partial charge in [0, 0.05) is 11.6 Å². The number of hydrogen-bond donors (Lipinski definition) is 1. The fourth-order valence-corrected chi connectivity index (χ4v) is 4.19. The minimum atomic E-state index is -5.98. The molecule has 0 bridgehead atoms. The van der Waals surface area contributed by atoms with E-state index in [1.165, 1.54) is 24.3 Å². The van der Waals surface area contributed by atoms with Crippen molar-refractivity contribution in [3.8, 4) is 11.3 Å². The molecule has 0 aliphatic heterocycles. The van der Waals surface area contributed by atoms with Gasteiger partial charge >= 0.3 is 12.1 Å². The molecule has 1 N–H and O–H groups in total. The summed E-state index contributed by atoms with van der Waals surface area (Å²) >= 11 is 0. The Morgan fingerprint density at radius 2 is 1.49 bits per heavy atom. The quantitative estimate of drug-likeness (QED) is 0.236. The number of amides is 1. The van der Waals surface area contributed by atoms with E-state index in [9.17, 15) is 35.5 Å². The molecule has 0 unspecified atom stereocenters. The Hall–Kier alpha value is -4.75. The van der Waals surface area contributed by atoms with Gasteiger partial charge in [-0.05, 0) is 61.9 Å². The topological polar surface area (TPSA) is 77.1 Å². The van der Waals surface area contributed by atoms with Gasteiger partial charge in [-0.15, -0.1) is 0 Å². The second-order valence-corrected chi connectivity index (χ2v) is 9.19. The van der Waals surface area contributed by atoms with Gasteiger partial charge in [0.05, 0.1) is 29.3 Å². The lowest BCUT2D eigenvalue weighted by atomic mass is 10.1. The van der Waals surface area contributed by atoms with Crippen LogP contribution in [0.2, 0.25) is 0 Å². The summed E-state index contributed by atoms with van der Waals surface area (Å²) in [5.74, 6) is -7.33. The van der Waals surface area contributed by atoms with Crippen LogP contribution in [0.1, 0.15) is 33.1 Å². The average Bonchev–Trinajstić information content (AvgIpc) is 3.45. The SMILES string of the molecule is Cc1nn(Cc2ccc(F)cc2)c(C)c1NC(=O)c1cc2nc(-c3ccc(F)cc3)cc(C(F)(F)C(F)(F)F)n2n1. The van der Waals surface area contributed by atoms with Crippen molar-refractivity contribution in [3.05, 3.63) is 101 Å². The molecule has 5 rings (SSSR count). The predicted octanol–water partition coefficient (Wildman–Crippen LogP) is 6.44. The van der Waals surface area contributed by atoms with E-state index < -0.39 is 46.7 Å². The zero-order valence-electron chi connectivity index (χ0n) is 21.3. The first kappa shape index (κ1) is 27.8. The van der Waals surface area contributed by atoms with Gasteiger partial charge in [0.1, 0.15) is 17.3 Å². The molecule has 0 fully saturated rings. The average molecular weight is 576 g/mol. The van der Waals surface area contributed by atoms with Crippen LogP contribution in [0.25, 0.3) is 16.9 Å². The molecule has 0 saturated heterocycles. The molecular formula is C27H19F7N6O. The number of halogens is 7. The molecular weight excluding hydrogens is 557 g/mol. The smallest absolute Gasteiger partial charge is 0.317 e. The first-order chi connectivity index (χ1) is 19.2. The summed E-state index contributed by atoms with van der Waals surface area (Å²) in [5, 5.41) is 10.7. The number of carbonyl (C=O) groups excluding carboxylic acids is 1. The Morgan fingerprint density at radius 3 is 2.10 bits per heavy atom. The number of rotatable bonds is 6. The first-order valence-corrected chi connectivity index (χ1v) is 12.0. The van der Waals surface area contributed by atoms with Gasteiger partial charge in [0.2, 0.25) is 0 Å². The van der Waals surface area contributed by atoms with Gasteiger partial charge in [-0.1, -0.05) is 12.1 Å². The monoisotopic (exact) mass is 576 g/mol. The van der Waals surface area contributed by atoms with E-state index in [0.29, 0.717) is 17.5 Å². The molecule has 7 nitrogen and oxygen atoms in total. The third-order valence-corrected chi connectivity index (χ3v) is 6.34. The number of benzene rings is 2. The van der Waals surface area contributed by atoms with E-state index in [1.807, 2.05) is 0 Å². The van der Waals surface area contributed by atoms with Crippen molar-refractivity contribution in [2.45, 2.75) is 32.5 Å². The fraction of sp³-hybridized carbons (Fsp3) is 0.185. The maximum atomic E-state index is 14.6. The Balaban J connectivity index is 1.52. The van der Waals surface area contributed by atoms with Crippen molar-refractivity contribution in [2.75, 3.05) is 5.32 Å². The van der Waals surface area contributed by atoms with Gasteiger partial charge in [0.15, 0.2) is 11.3 Å². The summed E-state index contributed by atoms with van der Waals surface area (Å²) < 4.78 is 97.8. The number of hydrogen-bond acceptors (Lipinski definition) is 4. The summed E-state index contributed by atoms with van der Waals surface area (Å²) in [4.78, 5) is 17.2. The molecule has 212 valence electrons. The van der Waals surface area contributed by atoms with Gasteiger partial charge in [-0.25, -0.2) is 18.3 Å². The van der Waals surface area contributed by atoms with E-state index in [2.05, 4.69) is 20.5 Å². The van der Waals surface area contributed by atoms with Crippen LogP contribution in [0.15, 0.2) is 60.7 Å². The van der Waals surface area contributed by atoms with Crippen LogP contribution in [-0.4, -0.2) is 36.5 Å². The molecule has 5 aromatic rings. The van der Waals surface area contributed by atoms with Crippen LogP contribution in [0.4, 0.5) is 36.4 Å². The van der Waals surface area contributed by atoms with Crippen LogP contribution in [-0.2, 0) is 12.5 Å². The normalized spacial score (nSPS) is 12.2. The maximum Gasteiger partial charge on any atom is 0.459 e. The highest BCUT2D eigenvalue weighted by Crippen LogP contribution is 2.44.